The molecule has 1 amide bonds. The number of carbonyl (C=O) groups excluding carboxylic acids is 1. The van der Waals surface area contributed by atoms with Crippen LogP contribution < -0.4 is 20.7 Å². The second kappa shape index (κ2) is 15.0. The van der Waals surface area contributed by atoms with Crippen molar-refractivity contribution in [2.75, 3.05) is 63.6 Å². The number of nitrogens with zero attached hydrogens (tertiary/aromatic N) is 6. The number of anilines is 2. The fraction of sp³-hybridized carbons (Fsp3) is 0.538. The Balaban J connectivity index is 0.000000224. The van der Waals surface area contributed by atoms with E-state index in [1.807, 2.05) is 11.0 Å². The van der Waals surface area contributed by atoms with Gasteiger partial charge >= 0.3 is 6.01 Å². The maximum Gasteiger partial charge on any atom is 0.318 e. The molecular weight excluding hydrogens is 737 g/mol. The summed E-state index contributed by atoms with van der Waals surface area (Å²) in [6, 6.07) is 7.78. The first-order chi connectivity index (χ1) is 26.1. The number of hydrogen-bond acceptors (Lipinski definition) is 10. The molecule has 286 valence electrons. The van der Waals surface area contributed by atoms with E-state index in [0.717, 1.165) is 68.5 Å². The largest absolute Gasteiger partial charge is 0.467 e. The van der Waals surface area contributed by atoms with Gasteiger partial charge in [-0.1, -0.05) is 17.7 Å². The Labute approximate surface area is 321 Å². The number of halogens is 4. The number of thiophene rings is 1. The van der Waals surface area contributed by atoms with Crippen LogP contribution in [0.4, 0.5) is 24.0 Å². The number of amides is 1. The Bertz CT molecular complexity index is 2100. The van der Waals surface area contributed by atoms with Crippen molar-refractivity contribution >= 4 is 61.2 Å². The SMILES string of the molecule is C1CC1C1CN1.COc1nc(N2CCC3(CCCN(C=O)C3)C2)c2cc(Cl)c(-c3ccc(F)c4sc(N)c(C#N)c34)c(F)c2n1.FC1CC2CCCN2C1. The summed E-state index contributed by atoms with van der Waals surface area (Å²) in [5.41, 5.74) is 6.22. The summed E-state index contributed by atoms with van der Waals surface area (Å²) >= 11 is 7.65. The lowest BCUT2D eigenvalue weighted by Crippen LogP contribution is -2.44. The van der Waals surface area contributed by atoms with E-state index in [1.54, 1.807) is 6.07 Å². The smallest absolute Gasteiger partial charge is 0.318 e. The van der Waals surface area contributed by atoms with Crippen LogP contribution in [-0.4, -0.2) is 97.4 Å². The van der Waals surface area contributed by atoms with Crippen molar-refractivity contribution < 1.29 is 22.7 Å². The van der Waals surface area contributed by atoms with Crippen LogP contribution >= 0.6 is 22.9 Å². The second-order valence-electron chi connectivity index (χ2n) is 15.6. The Kier molecular flexibility index (Phi) is 10.3. The molecule has 4 unspecified atom stereocenters. The summed E-state index contributed by atoms with van der Waals surface area (Å²) in [6.07, 6.45) is 9.48. The topological polar surface area (TPSA) is 134 Å². The number of piperidine rings is 1. The number of alkyl halides is 1. The molecule has 6 fully saturated rings. The predicted octanol–water partition coefficient (Wildman–Crippen LogP) is 6.92. The normalized spacial score (nSPS) is 26.0. The van der Waals surface area contributed by atoms with Gasteiger partial charge in [-0.25, -0.2) is 13.2 Å². The van der Waals surface area contributed by atoms with Crippen molar-refractivity contribution in [2.24, 2.45) is 11.3 Å². The number of hydrogen-bond donors (Lipinski definition) is 2. The lowest BCUT2D eigenvalue weighted by atomic mass is 9.79. The number of benzene rings is 2. The number of carbonyl (C=O) groups is 1. The molecule has 10 rings (SSSR count). The second-order valence-corrected chi connectivity index (χ2v) is 17.0. The van der Waals surface area contributed by atoms with Gasteiger partial charge in [-0.05, 0) is 81.5 Å². The average molecular weight is 781 g/mol. The Hall–Kier alpha value is -3.90. The molecule has 1 aliphatic carbocycles. The predicted molar refractivity (Wildman–Crippen MR) is 206 cm³/mol. The first-order valence-corrected chi connectivity index (χ1v) is 20.0. The van der Waals surface area contributed by atoms with Crippen LogP contribution in [-0.2, 0) is 4.79 Å². The highest BCUT2D eigenvalue weighted by atomic mass is 35.5. The molecule has 1 spiro atoms. The van der Waals surface area contributed by atoms with Crippen molar-refractivity contribution in [3.05, 3.63) is 40.4 Å². The molecule has 2 aromatic carbocycles. The highest BCUT2D eigenvalue weighted by molar-refractivity contribution is 7.23. The number of ether oxygens (including phenoxy) is 1. The zero-order chi connectivity index (χ0) is 37.7. The minimum atomic E-state index is -0.736. The Morgan fingerprint density at radius 3 is 2.65 bits per heavy atom. The quantitative estimate of drug-likeness (QED) is 0.164. The van der Waals surface area contributed by atoms with Crippen LogP contribution in [0.25, 0.3) is 32.1 Å². The van der Waals surface area contributed by atoms with E-state index in [-0.39, 0.29) is 53.7 Å². The zero-order valence-electron chi connectivity index (χ0n) is 30.2. The van der Waals surface area contributed by atoms with Gasteiger partial charge in [0, 0.05) is 73.1 Å². The zero-order valence-corrected chi connectivity index (χ0v) is 31.8. The minimum absolute atomic E-state index is 0.00505. The number of rotatable bonds is 5. The maximum absolute atomic E-state index is 16.4. The molecule has 7 heterocycles. The summed E-state index contributed by atoms with van der Waals surface area (Å²) < 4.78 is 49.2. The summed E-state index contributed by atoms with van der Waals surface area (Å²) in [6.45, 7) is 5.89. The molecular formula is C39H44ClF3N8O2S. The molecule has 1 saturated carbocycles. The van der Waals surface area contributed by atoms with Crippen LogP contribution in [0.1, 0.15) is 56.9 Å². The van der Waals surface area contributed by atoms with E-state index < -0.39 is 17.8 Å². The number of nitrogens with one attached hydrogen (secondary N) is 1. The van der Waals surface area contributed by atoms with E-state index in [9.17, 15) is 18.8 Å². The molecule has 3 N–H and O–H groups in total. The lowest BCUT2D eigenvalue weighted by molar-refractivity contribution is -0.121. The van der Waals surface area contributed by atoms with Crippen LogP contribution in [0.2, 0.25) is 5.02 Å². The number of nitriles is 1. The minimum Gasteiger partial charge on any atom is -0.467 e. The van der Waals surface area contributed by atoms with Gasteiger partial charge in [0.05, 0.1) is 22.4 Å². The van der Waals surface area contributed by atoms with Crippen molar-refractivity contribution in [3.63, 3.8) is 0 Å². The molecule has 4 atom stereocenters. The highest BCUT2D eigenvalue weighted by Crippen LogP contribution is 2.47. The van der Waals surface area contributed by atoms with Crippen molar-refractivity contribution in [3.8, 4) is 23.2 Å². The fourth-order valence-corrected chi connectivity index (χ4v) is 10.2. The lowest BCUT2D eigenvalue weighted by Gasteiger charge is -2.38. The molecule has 6 aliphatic rings. The van der Waals surface area contributed by atoms with Gasteiger partial charge < -0.3 is 25.6 Å². The van der Waals surface area contributed by atoms with Crippen LogP contribution in [0, 0.1) is 34.3 Å². The average Bonchev–Trinajstić information content (AvgIpc) is 4.05. The standard InChI is InChI=1S/C27H23ClF2N6O2S.C7H12FN.C5H9N/c1-38-26-33-22-15(25(34-26)36-8-6-27(12-36)5-2-7-35(11-27)13-37)9-17(28)20(21(22)30)14-3-4-18(29)23-19(14)16(10-31)24(32)39-23;8-6-4-7-2-1-3-9(7)5-6;1-2-4(1)5-3-6-5/h3-4,9,13H,2,5-8,11-12,32H2,1H3;6-7H,1-5H2;4-6H,1-3H2. The van der Waals surface area contributed by atoms with E-state index in [1.165, 1.54) is 51.5 Å². The number of likely N-dealkylation sites (tertiary alicyclic amines) is 1. The third kappa shape index (κ3) is 7.16. The van der Waals surface area contributed by atoms with E-state index in [2.05, 4.69) is 25.1 Å². The first kappa shape index (κ1) is 37.0. The number of methoxy groups -OCH3 is 1. The first-order valence-electron chi connectivity index (χ1n) is 18.8. The molecule has 10 nitrogen and oxygen atoms in total. The van der Waals surface area contributed by atoms with E-state index in [4.69, 9.17) is 22.1 Å². The van der Waals surface area contributed by atoms with Gasteiger partial charge in [-0.15, -0.1) is 11.3 Å². The number of fused-ring (bicyclic) bond motifs is 3. The monoisotopic (exact) mass is 780 g/mol. The third-order valence-electron chi connectivity index (χ3n) is 11.9. The molecule has 0 radical (unpaired) electrons. The summed E-state index contributed by atoms with van der Waals surface area (Å²) in [5, 5.41) is 13.8. The number of nitrogen functional groups attached to an aromatic ring is 1. The van der Waals surface area contributed by atoms with Crippen LogP contribution in [0.5, 0.6) is 6.01 Å². The van der Waals surface area contributed by atoms with Gasteiger partial charge in [0.15, 0.2) is 5.82 Å². The Morgan fingerprint density at radius 1 is 1.15 bits per heavy atom. The third-order valence-corrected chi connectivity index (χ3v) is 13.2. The molecule has 2 aromatic heterocycles. The molecule has 5 aliphatic heterocycles. The van der Waals surface area contributed by atoms with Crippen molar-refractivity contribution in [2.45, 2.75) is 69.6 Å². The molecule has 4 aromatic rings. The summed E-state index contributed by atoms with van der Waals surface area (Å²) in [5.74, 6) is 0.296. The summed E-state index contributed by atoms with van der Waals surface area (Å²) in [4.78, 5) is 26.5. The van der Waals surface area contributed by atoms with Gasteiger partial charge in [-0.2, -0.15) is 15.2 Å². The maximum atomic E-state index is 16.4. The van der Waals surface area contributed by atoms with Gasteiger partial charge in [0.1, 0.15) is 34.4 Å². The molecule has 0 bridgehead atoms. The van der Waals surface area contributed by atoms with Gasteiger partial charge in [0.2, 0.25) is 6.41 Å². The van der Waals surface area contributed by atoms with Crippen LogP contribution in [0.15, 0.2) is 18.2 Å². The number of nitrogens with two attached hydrogens (primary N) is 1. The molecule has 5 saturated heterocycles. The highest BCUT2D eigenvalue weighted by Gasteiger charge is 2.42. The van der Waals surface area contributed by atoms with Gasteiger partial charge in [-0.3, -0.25) is 9.69 Å². The fourth-order valence-electron chi connectivity index (χ4n) is 8.96. The van der Waals surface area contributed by atoms with Gasteiger partial charge in [0.25, 0.3) is 0 Å². The summed E-state index contributed by atoms with van der Waals surface area (Å²) in [7, 11) is 1.41. The van der Waals surface area contributed by atoms with E-state index >= 15 is 4.39 Å². The van der Waals surface area contributed by atoms with Crippen molar-refractivity contribution in [1.29, 1.82) is 5.26 Å². The van der Waals surface area contributed by atoms with Crippen LogP contribution in [0.3, 0.4) is 0 Å². The van der Waals surface area contributed by atoms with E-state index in [0.29, 0.717) is 43.4 Å². The van der Waals surface area contributed by atoms with Crippen molar-refractivity contribution in [1.82, 2.24) is 25.1 Å². The number of aromatic nitrogens is 2. The Morgan fingerprint density at radius 2 is 1.96 bits per heavy atom. The molecule has 15 heteroatoms. The molecule has 54 heavy (non-hydrogen) atoms.